The Kier molecular flexibility index (Phi) is 18.4. The third-order valence-corrected chi connectivity index (χ3v) is 10.7. The van der Waals surface area contributed by atoms with Crippen LogP contribution in [-0.4, -0.2) is 56.7 Å². The first-order chi connectivity index (χ1) is 21.4. The lowest BCUT2D eigenvalue weighted by atomic mass is 9.76. The summed E-state index contributed by atoms with van der Waals surface area (Å²) in [6.45, 7) is 11.9. The van der Waals surface area contributed by atoms with E-state index in [0.29, 0.717) is 13.2 Å². The Morgan fingerprint density at radius 1 is 0.556 bits per heavy atom. The SMILES string of the molecule is CC(=O)SCCCOc1ccc(C(C)(C)c2ccc(OCCCSC(C)=O)c(CCCSC(C)=O)c2)cc1CCCSC(C)=O. The maximum absolute atomic E-state index is 11.5. The molecule has 0 saturated heterocycles. The molecular weight excluding hydrogens is 645 g/mol. The molecule has 0 amide bonds. The molecule has 6 nitrogen and oxygen atoms in total. The minimum atomic E-state index is -0.306. The maximum Gasteiger partial charge on any atom is 0.185 e. The number of thioether (sulfide) groups is 4. The van der Waals surface area contributed by atoms with Crippen molar-refractivity contribution in [3.63, 3.8) is 0 Å². The smallest absolute Gasteiger partial charge is 0.185 e. The van der Waals surface area contributed by atoms with E-state index in [4.69, 9.17) is 9.47 Å². The first kappa shape index (κ1) is 39.3. The number of hydrogen-bond acceptors (Lipinski definition) is 10. The second-order valence-corrected chi connectivity index (χ2v) is 16.3. The molecule has 0 aliphatic rings. The van der Waals surface area contributed by atoms with Crippen LogP contribution in [0.4, 0.5) is 0 Å². The Bertz CT molecular complexity index is 1180. The van der Waals surface area contributed by atoms with Crippen LogP contribution in [0, 0.1) is 0 Å². The molecule has 0 atom stereocenters. The van der Waals surface area contributed by atoms with Gasteiger partial charge in [0.05, 0.1) is 13.2 Å². The van der Waals surface area contributed by atoms with E-state index < -0.39 is 0 Å². The number of hydrogen-bond donors (Lipinski definition) is 0. The van der Waals surface area contributed by atoms with Gasteiger partial charge in [-0.15, -0.1) is 0 Å². The summed E-state index contributed by atoms with van der Waals surface area (Å²) in [6, 6.07) is 12.8. The summed E-state index contributed by atoms with van der Waals surface area (Å²) in [4.78, 5) is 45.5. The first-order valence-electron chi connectivity index (χ1n) is 15.5. The fourth-order valence-electron chi connectivity index (χ4n) is 4.65. The predicted molar refractivity (Wildman–Crippen MR) is 194 cm³/mol. The zero-order valence-electron chi connectivity index (χ0n) is 27.5. The summed E-state index contributed by atoms with van der Waals surface area (Å²) >= 11 is 5.34. The molecule has 0 aromatic heterocycles. The quantitative estimate of drug-likeness (QED) is 0.126. The fraction of sp³-hybridized carbons (Fsp3) is 0.543. The Balaban J connectivity index is 2.29. The van der Waals surface area contributed by atoms with Crippen molar-refractivity contribution in [3.8, 4) is 11.5 Å². The van der Waals surface area contributed by atoms with Gasteiger partial charge in [-0.05, 0) is 72.9 Å². The van der Waals surface area contributed by atoms with E-state index in [1.54, 1.807) is 27.7 Å². The summed E-state index contributed by atoms with van der Waals surface area (Å²) in [5.74, 6) is 4.70. The Morgan fingerprint density at radius 3 is 1.22 bits per heavy atom. The third-order valence-electron chi connectivity index (χ3n) is 7.06. The maximum atomic E-state index is 11.5. The van der Waals surface area contributed by atoms with Gasteiger partial charge in [0, 0.05) is 56.1 Å². The second kappa shape index (κ2) is 21.1. The van der Waals surface area contributed by atoms with Crippen LogP contribution in [0.1, 0.15) is 89.5 Å². The molecule has 2 aromatic carbocycles. The van der Waals surface area contributed by atoms with Gasteiger partial charge < -0.3 is 9.47 Å². The van der Waals surface area contributed by atoms with E-state index >= 15 is 0 Å². The number of aryl methyl sites for hydroxylation is 2. The van der Waals surface area contributed by atoms with Crippen molar-refractivity contribution < 1.29 is 28.7 Å². The van der Waals surface area contributed by atoms with Gasteiger partial charge in [-0.1, -0.05) is 85.2 Å². The van der Waals surface area contributed by atoms with E-state index in [9.17, 15) is 19.2 Å². The molecular formula is C35H48O6S4. The van der Waals surface area contributed by atoms with E-state index in [1.165, 1.54) is 58.2 Å². The van der Waals surface area contributed by atoms with E-state index in [-0.39, 0.29) is 25.9 Å². The number of ether oxygens (including phenoxy) is 2. The molecule has 2 rings (SSSR count). The lowest BCUT2D eigenvalue weighted by Gasteiger charge is -2.28. The molecule has 45 heavy (non-hydrogen) atoms. The van der Waals surface area contributed by atoms with E-state index in [2.05, 4.69) is 50.2 Å². The van der Waals surface area contributed by atoms with Crippen LogP contribution in [0.15, 0.2) is 36.4 Å². The predicted octanol–water partition coefficient (Wildman–Crippen LogP) is 8.53. The lowest BCUT2D eigenvalue weighted by Crippen LogP contribution is -2.20. The van der Waals surface area contributed by atoms with Crippen LogP contribution in [0.2, 0.25) is 0 Å². The van der Waals surface area contributed by atoms with Crippen LogP contribution in [-0.2, 0) is 37.4 Å². The molecule has 248 valence electrons. The Hall–Kier alpha value is -1.88. The fourth-order valence-corrected chi connectivity index (χ4v) is 6.90. The molecule has 0 aliphatic carbocycles. The normalized spacial score (nSPS) is 11.3. The number of benzene rings is 2. The highest BCUT2D eigenvalue weighted by Crippen LogP contribution is 2.37. The van der Waals surface area contributed by atoms with Crippen LogP contribution < -0.4 is 9.47 Å². The van der Waals surface area contributed by atoms with Gasteiger partial charge in [0.25, 0.3) is 0 Å². The summed E-state index contributed by atoms with van der Waals surface area (Å²) in [5, 5.41) is 0.489. The van der Waals surface area contributed by atoms with Crippen molar-refractivity contribution in [3.05, 3.63) is 58.7 Å². The molecule has 0 heterocycles. The van der Waals surface area contributed by atoms with Gasteiger partial charge in [-0.3, -0.25) is 19.2 Å². The highest BCUT2D eigenvalue weighted by atomic mass is 32.2. The molecule has 0 bridgehead atoms. The highest BCUT2D eigenvalue weighted by molar-refractivity contribution is 8.14. The largest absolute Gasteiger partial charge is 0.493 e. The standard InChI is InChI=1S/C35H48O6S4/c1-25(36)42-19-7-11-29-23-31(13-15-33(29)40-17-9-21-44-27(3)38)35(5,6)32-14-16-34(41-18-10-22-45-28(4)39)30(24-32)12-8-20-43-26(2)37/h13-16,23-24H,7-12,17-22H2,1-6H3. The van der Waals surface area contributed by atoms with Crippen molar-refractivity contribution in [1.82, 2.24) is 0 Å². The van der Waals surface area contributed by atoms with E-state index in [1.807, 2.05) is 0 Å². The van der Waals surface area contributed by atoms with Gasteiger partial charge in [0.2, 0.25) is 0 Å². The highest BCUT2D eigenvalue weighted by Gasteiger charge is 2.25. The van der Waals surface area contributed by atoms with Crippen molar-refractivity contribution in [2.24, 2.45) is 0 Å². The van der Waals surface area contributed by atoms with E-state index in [0.717, 1.165) is 84.2 Å². The van der Waals surface area contributed by atoms with Gasteiger partial charge in [-0.25, -0.2) is 0 Å². The zero-order valence-corrected chi connectivity index (χ0v) is 30.8. The molecule has 0 saturated carbocycles. The summed E-state index contributed by atoms with van der Waals surface area (Å²) < 4.78 is 12.4. The van der Waals surface area contributed by atoms with Crippen molar-refractivity contribution in [1.29, 1.82) is 0 Å². The number of carbonyl (C=O) groups is 4. The van der Waals surface area contributed by atoms with Gasteiger partial charge in [0.1, 0.15) is 11.5 Å². The second-order valence-electron chi connectivity index (χ2n) is 11.2. The molecule has 0 fully saturated rings. The van der Waals surface area contributed by atoms with Gasteiger partial charge in [0.15, 0.2) is 20.5 Å². The van der Waals surface area contributed by atoms with Crippen molar-refractivity contribution in [2.75, 3.05) is 36.2 Å². The zero-order chi connectivity index (χ0) is 33.2. The molecule has 10 heteroatoms. The summed E-state index contributed by atoms with van der Waals surface area (Å²) in [7, 11) is 0. The molecule has 0 unspecified atom stereocenters. The average molecular weight is 693 g/mol. The minimum Gasteiger partial charge on any atom is -0.493 e. The number of carbonyl (C=O) groups excluding carboxylic acids is 4. The van der Waals surface area contributed by atoms with Crippen LogP contribution in [0.5, 0.6) is 11.5 Å². The van der Waals surface area contributed by atoms with Crippen LogP contribution >= 0.6 is 47.0 Å². The molecule has 0 N–H and O–H groups in total. The van der Waals surface area contributed by atoms with Crippen LogP contribution in [0.25, 0.3) is 0 Å². The summed E-state index contributed by atoms with van der Waals surface area (Å²) in [6.07, 6.45) is 4.91. The van der Waals surface area contributed by atoms with Gasteiger partial charge >= 0.3 is 0 Å². The molecule has 2 aromatic rings. The van der Waals surface area contributed by atoms with Gasteiger partial charge in [-0.2, -0.15) is 0 Å². The summed E-state index contributed by atoms with van der Waals surface area (Å²) in [5.41, 5.74) is 4.27. The number of rotatable bonds is 20. The molecule has 0 spiro atoms. The molecule has 0 aliphatic heterocycles. The Labute approximate surface area is 286 Å². The van der Waals surface area contributed by atoms with Crippen LogP contribution in [0.3, 0.4) is 0 Å². The monoisotopic (exact) mass is 692 g/mol. The lowest BCUT2D eigenvalue weighted by molar-refractivity contribution is -0.109. The molecule has 0 radical (unpaired) electrons. The topological polar surface area (TPSA) is 86.7 Å². The first-order valence-corrected chi connectivity index (χ1v) is 19.4. The van der Waals surface area contributed by atoms with Crippen molar-refractivity contribution in [2.45, 2.75) is 85.5 Å². The average Bonchev–Trinajstić information content (AvgIpc) is 2.97. The third kappa shape index (κ3) is 15.5. The Morgan fingerprint density at radius 2 is 0.889 bits per heavy atom. The minimum absolute atomic E-state index is 0.117. The van der Waals surface area contributed by atoms with Crippen molar-refractivity contribution >= 4 is 67.5 Å².